The summed E-state index contributed by atoms with van der Waals surface area (Å²) in [5.74, 6) is -0.545. The van der Waals surface area contributed by atoms with Crippen molar-refractivity contribution in [1.82, 2.24) is 4.40 Å². The van der Waals surface area contributed by atoms with Gasteiger partial charge in [0.2, 0.25) is 6.29 Å². The standard InChI is InChI=1S/C17H14BrNO3/c1-11-10-19-8-2-3-14(19)9-15(11)17(21)22-16(20)12-4-6-13(18)7-5-12/h2-10,16,20H,1H3. The fourth-order valence-corrected chi connectivity index (χ4v) is 2.53. The van der Waals surface area contributed by atoms with Crippen LogP contribution in [0.25, 0.3) is 5.52 Å². The lowest BCUT2D eigenvalue weighted by Crippen LogP contribution is -2.12. The van der Waals surface area contributed by atoms with Crippen LogP contribution in [0, 0.1) is 6.92 Å². The summed E-state index contributed by atoms with van der Waals surface area (Å²) in [5, 5.41) is 10.0. The normalized spacial score (nSPS) is 12.3. The second-order valence-corrected chi connectivity index (χ2v) is 5.94. The molecule has 0 radical (unpaired) electrons. The zero-order chi connectivity index (χ0) is 15.7. The van der Waals surface area contributed by atoms with E-state index in [1.54, 1.807) is 30.3 Å². The largest absolute Gasteiger partial charge is 0.428 e. The van der Waals surface area contributed by atoms with Gasteiger partial charge in [0.25, 0.3) is 0 Å². The molecular weight excluding hydrogens is 346 g/mol. The van der Waals surface area contributed by atoms with E-state index in [0.717, 1.165) is 15.6 Å². The number of esters is 1. The zero-order valence-electron chi connectivity index (χ0n) is 11.9. The highest BCUT2D eigenvalue weighted by Gasteiger charge is 2.17. The average Bonchev–Trinajstić information content (AvgIpc) is 2.94. The maximum Gasteiger partial charge on any atom is 0.341 e. The predicted octanol–water partition coefficient (Wildman–Crippen LogP) is 3.86. The van der Waals surface area contributed by atoms with E-state index in [9.17, 15) is 9.90 Å². The molecule has 2 aromatic heterocycles. The Kier molecular flexibility index (Phi) is 4.00. The third-order valence-corrected chi connectivity index (χ3v) is 3.98. The number of halogens is 1. The van der Waals surface area contributed by atoms with E-state index in [4.69, 9.17) is 4.74 Å². The first kappa shape index (κ1) is 14.8. The molecule has 1 aromatic carbocycles. The first-order valence-electron chi connectivity index (χ1n) is 6.76. The van der Waals surface area contributed by atoms with Crippen molar-refractivity contribution < 1.29 is 14.6 Å². The summed E-state index contributed by atoms with van der Waals surface area (Å²) in [7, 11) is 0. The summed E-state index contributed by atoms with van der Waals surface area (Å²) in [5.41, 5.74) is 2.66. The minimum absolute atomic E-state index is 0.447. The summed E-state index contributed by atoms with van der Waals surface area (Å²) in [6.45, 7) is 1.84. The van der Waals surface area contributed by atoms with Crippen LogP contribution in [0.1, 0.15) is 27.8 Å². The summed E-state index contributed by atoms with van der Waals surface area (Å²) >= 11 is 3.32. The first-order chi connectivity index (χ1) is 10.5. The van der Waals surface area contributed by atoms with Gasteiger partial charge in [-0.2, -0.15) is 0 Å². The lowest BCUT2D eigenvalue weighted by molar-refractivity contribution is -0.0672. The number of aliphatic hydroxyl groups excluding tert-OH is 1. The molecule has 0 aliphatic carbocycles. The molecule has 3 aromatic rings. The predicted molar refractivity (Wildman–Crippen MR) is 86.7 cm³/mol. The van der Waals surface area contributed by atoms with Gasteiger partial charge < -0.3 is 14.2 Å². The number of fused-ring (bicyclic) bond motifs is 1. The van der Waals surface area contributed by atoms with E-state index in [2.05, 4.69) is 15.9 Å². The van der Waals surface area contributed by atoms with E-state index < -0.39 is 12.3 Å². The average molecular weight is 360 g/mol. The minimum atomic E-state index is -1.29. The molecule has 0 aliphatic heterocycles. The number of aryl methyl sites for hydroxylation is 1. The van der Waals surface area contributed by atoms with Crippen molar-refractivity contribution in [3.8, 4) is 0 Å². The molecule has 3 rings (SSSR count). The van der Waals surface area contributed by atoms with Crippen LogP contribution in [0.3, 0.4) is 0 Å². The number of aromatic nitrogens is 1. The summed E-state index contributed by atoms with van der Waals surface area (Å²) < 4.78 is 7.98. The number of aliphatic hydroxyl groups is 1. The molecule has 0 saturated heterocycles. The Morgan fingerprint density at radius 2 is 2.00 bits per heavy atom. The topological polar surface area (TPSA) is 50.9 Å². The number of nitrogens with zero attached hydrogens (tertiary/aromatic N) is 1. The van der Waals surface area contributed by atoms with Crippen molar-refractivity contribution in [2.45, 2.75) is 13.2 Å². The van der Waals surface area contributed by atoms with Crippen LogP contribution < -0.4 is 0 Å². The fourth-order valence-electron chi connectivity index (χ4n) is 2.27. The van der Waals surface area contributed by atoms with Gasteiger partial charge in [-0.3, -0.25) is 0 Å². The Morgan fingerprint density at radius 1 is 1.27 bits per heavy atom. The maximum atomic E-state index is 12.3. The van der Waals surface area contributed by atoms with Gasteiger partial charge >= 0.3 is 5.97 Å². The van der Waals surface area contributed by atoms with Crippen LogP contribution in [-0.2, 0) is 4.74 Å². The van der Waals surface area contributed by atoms with Crippen molar-refractivity contribution >= 4 is 27.4 Å². The fraction of sp³-hybridized carbons (Fsp3) is 0.118. The molecule has 0 saturated carbocycles. The number of rotatable bonds is 3. The molecule has 1 unspecified atom stereocenters. The van der Waals surface area contributed by atoms with Crippen molar-refractivity contribution in [3.05, 3.63) is 76.0 Å². The number of hydrogen-bond donors (Lipinski definition) is 1. The molecule has 22 heavy (non-hydrogen) atoms. The molecule has 0 spiro atoms. The molecule has 1 N–H and O–H groups in total. The molecular formula is C17H14BrNO3. The van der Waals surface area contributed by atoms with E-state index >= 15 is 0 Å². The van der Waals surface area contributed by atoms with Gasteiger partial charge in [-0.1, -0.05) is 28.1 Å². The van der Waals surface area contributed by atoms with E-state index in [1.165, 1.54) is 0 Å². The molecule has 112 valence electrons. The molecule has 0 fully saturated rings. The van der Waals surface area contributed by atoms with Gasteiger partial charge in [-0.05, 0) is 42.8 Å². The van der Waals surface area contributed by atoms with E-state index in [1.807, 2.05) is 35.9 Å². The Bertz CT molecular complexity index is 824. The van der Waals surface area contributed by atoms with Gasteiger partial charge in [0.15, 0.2) is 0 Å². The van der Waals surface area contributed by atoms with Crippen LogP contribution in [0.2, 0.25) is 0 Å². The minimum Gasteiger partial charge on any atom is -0.428 e. The highest BCUT2D eigenvalue weighted by Crippen LogP contribution is 2.21. The number of pyridine rings is 1. The molecule has 1 atom stereocenters. The van der Waals surface area contributed by atoms with Gasteiger partial charge in [0.1, 0.15) is 0 Å². The number of ether oxygens (including phenoxy) is 1. The maximum absolute atomic E-state index is 12.3. The Labute approximate surface area is 136 Å². The lowest BCUT2D eigenvalue weighted by Gasteiger charge is -2.14. The first-order valence-corrected chi connectivity index (χ1v) is 7.56. The molecule has 0 aliphatic rings. The van der Waals surface area contributed by atoms with Crippen molar-refractivity contribution in [2.75, 3.05) is 0 Å². The van der Waals surface area contributed by atoms with Gasteiger partial charge in [0, 0.05) is 27.9 Å². The van der Waals surface area contributed by atoms with Crippen LogP contribution in [0.4, 0.5) is 0 Å². The van der Waals surface area contributed by atoms with Crippen LogP contribution in [0.15, 0.2) is 59.3 Å². The summed E-state index contributed by atoms with van der Waals surface area (Å²) in [6, 6.07) is 12.5. The second-order valence-electron chi connectivity index (χ2n) is 5.02. The molecule has 0 bridgehead atoms. The third kappa shape index (κ3) is 2.91. The van der Waals surface area contributed by atoms with E-state index in [-0.39, 0.29) is 0 Å². The third-order valence-electron chi connectivity index (χ3n) is 3.46. The molecule has 0 amide bonds. The number of carbonyl (C=O) groups excluding carboxylic acids is 1. The Hall–Kier alpha value is -2.11. The van der Waals surface area contributed by atoms with Crippen molar-refractivity contribution in [1.29, 1.82) is 0 Å². The van der Waals surface area contributed by atoms with Crippen LogP contribution in [0.5, 0.6) is 0 Å². The SMILES string of the molecule is Cc1cn2cccc2cc1C(=O)OC(O)c1ccc(Br)cc1. The van der Waals surface area contributed by atoms with E-state index in [0.29, 0.717) is 11.1 Å². The molecule has 5 heteroatoms. The van der Waals surface area contributed by atoms with Crippen LogP contribution >= 0.6 is 15.9 Å². The lowest BCUT2D eigenvalue weighted by atomic mass is 10.1. The zero-order valence-corrected chi connectivity index (χ0v) is 13.4. The quantitative estimate of drug-likeness (QED) is 0.570. The second kappa shape index (κ2) is 5.94. The van der Waals surface area contributed by atoms with Crippen LogP contribution in [-0.4, -0.2) is 15.5 Å². The highest BCUT2D eigenvalue weighted by molar-refractivity contribution is 9.10. The number of benzene rings is 1. The Morgan fingerprint density at radius 3 is 2.73 bits per heavy atom. The number of hydrogen-bond acceptors (Lipinski definition) is 3. The molecule has 4 nitrogen and oxygen atoms in total. The monoisotopic (exact) mass is 359 g/mol. The van der Waals surface area contributed by atoms with Gasteiger partial charge in [-0.15, -0.1) is 0 Å². The summed E-state index contributed by atoms with van der Waals surface area (Å²) in [4.78, 5) is 12.3. The number of carbonyl (C=O) groups is 1. The van der Waals surface area contributed by atoms with Gasteiger partial charge in [-0.25, -0.2) is 4.79 Å². The van der Waals surface area contributed by atoms with Gasteiger partial charge in [0.05, 0.1) is 5.56 Å². The van der Waals surface area contributed by atoms with Crippen molar-refractivity contribution in [2.24, 2.45) is 0 Å². The Balaban J connectivity index is 1.83. The van der Waals surface area contributed by atoms with Crippen molar-refractivity contribution in [3.63, 3.8) is 0 Å². The highest BCUT2D eigenvalue weighted by atomic mass is 79.9. The summed E-state index contributed by atoms with van der Waals surface area (Å²) in [6.07, 6.45) is 2.48. The smallest absolute Gasteiger partial charge is 0.341 e. The molecule has 2 heterocycles.